The second-order valence-corrected chi connectivity index (χ2v) is 10.9. The minimum atomic E-state index is -0.558. The molecule has 0 atom stereocenters. The van der Waals surface area contributed by atoms with Gasteiger partial charge in [-0.3, -0.25) is 24.1 Å². The zero-order chi connectivity index (χ0) is 28.1. The second-order valence-electron chi connectivity index (χ2n) is 8.65. The molecule has 0 spiro atoms. The van der Waals surface area contributed by atoms with Crippen LogP contribution in [0.1, 0.15) is 16.7 Å². The molecule has 0 unspecified atom stereocenters. The first-order chi connectivity index (χ1) is 18.6. The normalized spacial score (nSPS) is 14.1. The molecular weight excluding hydrogens is 606 g/mol. The lowest BCUT2D eigenvalue weighted by atomic mass is 10.1. The highest BCUT2D eigenvalue weighted by atomic mass is 79.9. The van der Waals surface area contributed by atoms with Crippen molar-refractivity contribution in [1.82, 2.24) is 4.90 Å². The number of hydrogen-bond acceptors (Lipinski definition) is 6. The summed E-state index contributed by atoms with van der Waals surface area (Å²) in [6.07, 6.45) is 1.56. The smallest absolute Gasteiger partial charge is 0.294 e. The number of ether oxygens (including phenoxy) is 1. The third-order valence-corrected chi connectivity index (χ3v) is 7.86. The highest BCUT2D eigenvalue weighted by molar-refractivity contribution is 9.10. The lowest BCUT2D eigenvalue weighted by molar-refractivity contribution is -0.127. The topological polar surface area (TPSA) is 105 Å². The number of carbonyl (C=O) groups is 4. The second kappa shape index (κ2) is 12.5. The summed E-state index contributed by atoms with van der Waals surface area (Å²) in [5.74, 6) is -0.902. The summed E-state index contributed by atoms with van der Waals surface area (Å²) < 4.78 is 6.24. The van der Waals surface area contributed by atoms with Crippen molar-refractivity contribution in [1.29, 1.82) is 0 Å². The fourth-order valence-electron chi connectivity index (χ4n) is 3.53. The Bertz CT molecular complexity index is 1490. The fraction of sp³-hybridized carbons (Fsp3) is 0.143. The first-order valence-corrected chi connectivity index (χ1v) is 13.7. The van der Waals surface area contributed by atoms with Crippen LogP contribution in [0.2, 0.25) is 5.02 Å². The zero-order valence-corrected chi connectivity index (χ0v) is 24.1. The van der Waals surface area contributed by atoms with Gasteiger partial charge in [0.05, 0.1) is 9.93 Å². The van der Waals surface area contributed by atoms with Crippen LogP contribution in [-0.4, -0.2) is 41.0 Å². The van der Waals surface area contributed by atoms with Crippen LogP contribution in [0.5, 0.6) is 5.75 Å². The van der Waals surface area contributed by atoms with Crippen LogP contribution in [0.3, 0.4) is 0 Å². The van der Waals surface area contributed by atoms with Crippen LogP contribution in [0.15, 0.2) is 70.0 Å². The van der Waals surface area contributed by atoms with Gasteiger partial charge in [0.1, 0.15) is 12.3 Å². The van der Waals surface area contributed by atoms with Gasteiger partial charge in [-0.25, -0.2) is 0 Å². The van der Waals surface area contributed by atoms with Crippen LogP contribution in [0.4, 0.5) is 16.2 Å². The maximum atomic E-state index is 12.8. The third kappa shape index (κ3) is 7.50. The molecule has 0 aliphatic carbocycles. The molecule has 4 amide bonds. The van der Waals surface area contributed by atoms with Gasteiger partial charge in [-0.05, 0) is 107 Å². The highest BCUT2D eigenvalue weighted by Gasteiger charge is 2.36. The van der Waals surface area contributed by atoms with Crippen LogP contribution >= 0.6 is 39.3 Å². The number of aryl methyl sites for hydroxylation is 2. The van der Waals surface area contributed by atoms with Gasteiger partial charge in [-0.15, -0.1) is 0 Å². The molecule has 3 aromatic rings. The summed E-state index contributed by atoms with van der Waals surface area (Å²) in [7, 11) is 0. The number of nitrogens with zero attached hydrogens (tertiary/aromatic N) is 1. The predicted molar refractivity (Wildman–Crippen MR) is 157 cm³/mol. The number of amides is 4. The van der Waals surface area contributed by atoms with Gasteiger partial charge in [0.2, 0.25) is 5.91 Å². The molecule has 0 saturated carbocycles. The van der Waals surface area contributed by atoms with E-state index in [0.29, 0.717) is 32.2 Å². The summed E-state index contributed by atoms with van der Waals surface area (Å²) in [5.41, 5.74) is 4.02. The van der Waals surface area contributed by atoms with Crippen molar-refractivity contribution in [3.63, 3.8) is 0 Å². The number of rotatable bonds is 8. The summed E-state index contributed by atoms with van der Waals surface area (Å²) in [6.45, 7) is 3.38. The molecule has 8 nitrogen and oxygen atoms in total. The van der Waals surface area contributed by atoms with Crippen molar-refractivity contribution in [2.75, 3.05) is 23.8 Å². The molecule has 1 fully saturated rings. The van der Waals surface area contributed by atoms with E-state index in [4.69, 9.17) is 16.3 Å². The van der Waals surface area contributed by atoms with Crippen molar-refractivity contribution in [2.24, 2.45) is 0 Å². The standard InChI is InChI=1S/C28H23BrClN3O5S/c1-16-3-6-19(11-17(16)2)32-26(35)15-38-21-8-4-18(5-9-21)12-24-27(36)33(28(37)39-24)14-25(34)31-20-7-10-22(29)23(30)13-20/h3-13H,14-15H2,1-2H3,(H,31,34)(H,32,35)/b24-12-. The van der Waals surface area contributed by atoms with Crippen LogP contribution in [0.25, 0.3) is 6.08 Å². The minimum Gasteiger partial charge on any atom is -0.484 e. The number of hydrogen-bond donors (Lipinski definition) is 2. The van der Waals surface area contributed by atoms with E-state index in [2.05, 4.69) is 26.6 Å². The number of carbonyl (C=O) groups excluding carboxylic acids is 4. The van der Waals surface area contributed by atoms with Gasteiger partial charge in [0, 0.05) is 15.8 Å². The maximum absolute atomic E-state index is 12.8. The lowest BCUT2D eigenvalue weighted by Gasteiger charge is -2.12. The van der Waals surface area contributed by atoms with E-state index in [1.807, 2.05) is 32.0 Å². The molecule has 4 rings (SSSR count). The third-order valence-electron chi connectivity index (χ3n) is 5.72. The molecule has 2 N–H and O–H groups in total. The Morgan fingerprint density at radius 1 is 0.949 bits per heavy atom. The summed E-state index contributed by atoms with van der Waals surface area (Å²) in [5, 5.41) is 5.30. The molecule has 200 valence electrons. The molecule has 1 heterocycles. The van der Waals surface area contributed by atoms with Crippen molar-refractivity contribution in [3.8, 4) is 5.75 Å². The maximum Gasteiger partial charge on any atom is 0.294 e. The Balaban J connectivity index is 1.31. The zero-order valence-electron chi connectivity index (χ0n) is 20.9. The summed E-state index contributed by atoms with van der Waals surface area (Å²) >= 11 is 10.1. The van der Waals surface area contributed by atoms with Crippen molar-refractivity contribution in [2.45, 2.75) is 13.8 Å². The first kappa shape index (κ1) is 28.4. The molecule has 11 heteroatoms. The lowest BCUT2D eigenvalue weighted by Crippen LogP contribution is -2.36. The predicted octanol–water partition coefficient (Wildman–Crippen LogP) is 6.41. The highest BCUT2D eigenvalue weighted by Crippen LogP contribution is 2.32. The van der Waals surface area contributed by atoms with Crippen molar-refractivity contribution < 1.29 is 23.9 Å². The molecule has 1 saturated heterocycles. The molecule has 39 heavy (non-hydrogen) atoms. The van der Waals surface area contributed by atoms with Crippen LogP contribution in [0, 0.1) is 13.8 Å². The minimum absolute atomic E-state index is 0.167. The number of halogens is 2. The molecule has 1 aliphatic heterocycles. The molecule has 0 aromatic heterocycles. The number of nitrogens with one attached hydrogen (secondary N) is 2. The number of benzene rings is 3. The van der Waals surface area contributed by atoms with Crippen molar-refractivity contribution in [3.05, 3.63) is 91.8 Å². The summed E-state index contributed by atoms with van der Waals surface area (Å²) in [4.78, 5) is 50.9. The van der Waals surface area contributed by atoms with E-state index in [0.717, 1.165) is 27.8 Å². The van der Waals surface area contributed by atoms with Crippen LogP contribution < -0.4 is 15.4 Å². The largest absolute Gasteiger partial charge is 0.484 e. The van der Waals surface area contributed by atoms with E-state index in [-0.39, 0.29) is 17.4 Å². The summed E-state index contributed by atoms with van der Waals surface area (Å²) in [6, 6.07) is 17.3. The van der Waals surface area contributed by atoms with E-state index >= 15 is 0 Å². The Labute approximate surface area is 242 Å². The first-order valence-electron chi connectivity index (χ1n) is 11.7. The number of imide groups is 1. The van der Waals surface area contributed by atoms with E-state index < -0.39 is 23.6 Å². The quantitative estimate of drug-likeness (QED) is 0.279. The molecular formula is C28H23BrClN3O5S. The Morgan fingerprint density at radius 2 is 1.62 bits per heavy atom. The SMILES string of the molecule is Cc1ccc(NC(=O)COc2ccc(/C=C3\SC(=O)N(CC(=O)Nc4ccc(Br)c(Cl)c4)C3=O)cc2)cc1C. The number of thioether (sulfide) groups is 1. The molecule has 3 aromatic carbocycles. The average Bonchev–Trinajstić information content (AvgIpc) is 3.15. The molecule has 0 bridgehead atoms. The monoisotopic (exact) mass is 627 g/mol. The fourth-order valence-corrected chi connectivity index (χ4v) is 4.80. The van der Waals surface area contributed by atoms with Crippen molar-refractivity contribution >= 4 is 79.7 Å². The van der Waals surface area contributed by atoms with E-state index in [1.54, 1.807) is 48.5 Å². The van der Waals surface area contributed by atoms with E-state index in [9.17, 15) is 19.2 Å². The van der Waals surface area contributed by atoms with Gasteiger partial charge >= 0.3 is 0 Å². The van der Waals surface area contributed by atoms with Crippen LogP contribution in [-0.2, 0) is 14.4 Å². The van der Waals surface area contributed by atoms with Gasteiger partial charge in [0.25, 0.3) is 17.1 Å². The molecule has 0 radical (unpaired) electrons. The van der Waals surface area contributed by atoms with Gasteiger partial charge in [-0.2, -0.15) is 0 Å². The average molecular weight is 629 g/mol. The van der Waals surface area contributed by atoms with Gasteiger partial charge in [0.15, 0.2) is 6.61 Å². The van der Waals surface area contributed by atoms with E-state index in [1.165, 1.54) is 0 Å². The van der Waals surface area contributed by atoms with Gasteiger partial charge < -0.3 is 15.4 Å². The Morgan fingerprint density at radius 3 is 2.31 bits per heavy atom. The van der Waals surface area contributed by atoms with Gasteiger partial charge in [-0.1, -0.05) is 29.8 Å². The molecule has 1 aliphatic rings. The Kier molecular flexibility index (Phi) is 9.11. The number of anilines is 2. The Hall–Kier alpha value is -3.60.